The average molecular weight is 417 g/mol. The maximum atomic E-state index is 12.5. The lowest BCUT2D eigenvalue weighted by atomic mass is 10.2. The molecule has 0 aliphatic rings. The number of hydrogen-bond acceptors (Lipinski definition) is 5. The van der Waals surface area contributed by atoms with Crippen molar-refractivity contribution in [2.24, 2.45) is 0 Å². The number of nitrogens with zero attached hydrogens (tertiary/aromatic N) is 2. The van der Waals surface area contributed by atoms with Gasteiger partial charge in [0.25, 0.3) is 5.89 Å². The summed E-state index contributed by atoms with van der Waals surface area (Å²) in [6.07, 6.45) is -4.44. The van der Waals surface area contributed by atoms with Crippen LogP contribution < -0.4 is 10.6 Å². The number of carbonyl (C=O) groups excluding carboxylic acids is 1. The molecule has 0 atom stereocenters. The Morgan fingerprint density at radius 2 is 1.72 bits per heavy atom. The summed E-state index contributed by atoms with van der Waals surface area (Å²) < 4.78 is 48.3. The molecule has 2 aromatic heterocycles. The molecule has 2 amide bonds. The molecule has 0 radical (unpaired) electrons. The van der Waals surface area contributed by atoms with Gasteiger partial charge in [-0.2, -0.15) is 13.2 Å². The highest BCUT2D eigenvalue weighted by Gasteiger charge is 2.30. The van der Waals surface area contributed by atoms with E-state index >= 15 is 0 Å². The number of anilines is 2. The molecule has 2 N–H and O–H groups in total. The maximum absolute atomic E-state index is 12.5. The van der Waals surface area contributed by atoms with Crippen molar-refractivity contribution in [2.45, 2.75) is 6.18 Å². The summed E-state index contributed by atoms with van der Waals surface area (Å²) in [7, 11) is 0. The third-order valence-corrected chi connectivity index (χ3v) is 3.33. The summed E-state index contributed by atoms with van der Waals surface area (Å²) in [6, 6.07) is 6.23. The number of furan rings is 1. The van der Waals surface area contributed by atoms with E-state index in [0.717, 1.165) is 24.3 Å². The highest BCUT2D eigenvalue weighted by atomic mass is 79.9. The van der Waals surface area contributed by atoms with Crippen LogP contribution >= 0.6 is 15.9 Å². The van der Waals surface area contributed by atoms with Crippen LogP contribution in [0, 0.1) is 0 Å². The summed E-state index contributed by atoms with van der Waals surface area (Å²) in [5.74, 6) is 0.353. The van der Waals surface area contributed by atoms with Crippen LogP contribution in [0.2, 0.25) is 0 Å². The molecule has 25 heavy (non-hydrogen) atoms. The van der Waals surface area contributed by atoms with Crippen LogP contribution in [0.25, 0.3) is 11.7 Å². The lowest BCUT2D eigenvalue weighted by Gasteiger charge is -2.08. The zero-order valence-electron chi connectivity index (χ0n) is 12.1. The number of nitrogens with one attached hydrogen (secondary N) is 2. The topological polar surface area (TPSA) is 93.2 Å². The summed E-state index contributed by atoms with van der Waals surface area (Å²) >= 11 is 3.12. The predicted octanol–water partition coefficient (Wildman–Crippen LogP) is 4.75. The van der Waals surface area contributed by atoms with Crippen molar-refractivity contribution in [1.29, 1.82) is 0 Å². The molecule has 0 saturated heterocycles. The fourth-order valence-electron chi connectivity index (χ4n) is 1.80. The molecule has 130 valence electrons. The maximum Gasteiger partial charge on any atom is 0.416 e. The molecular weight excluding hydrogens is 409 g/mol. The molecular formula is C14H8BrF3N4O3. The van der Waals surface area contributed by atoms with Crippen molar-refractivity contribution in [3.05, 3.63) is 46.6 Å². The van der Waals surface area contributed by atoms with Crippen LogP contribution in [0.15, 0.2) is 49.9 Å². The van der Waals surface area contributed by atoms with Gasteiger partial charge in [0.1, 0.15) is 0 Å². The molecule has 0 aliphatic carbocycles. The Kier molecular flexibility index (Phi) is 4.49. The molecule has 1 aromatic carbocycles. The van der Waals surface area contributed by atoms with Crippen molar-refractivity contribution >= 4 is 33.7 Å². The number of aromatic nitrogens is 2. The first-order valence-electron chi connectivity index (χ1n) is 6.66. The van der Waals surface area contributed by atoms with Gasteiger partial charge in [0, 0.05) is 5.69 Å². The number of amides is 2. The van der Waals surface area contributed by atoms with E-state index in [1.165, 1.54) is 0 Å². The molecule has 0 spiro atoms. The van der Waals surface area contributed by atoms with Gasteiger partial charge in [0.15, 0.2) is 10.4 Å². The monoisotopic (exact) mass is 416 g/mol. The van der Waals surface area contributed by atoms with Crippen LogP contribution in [0.3, 0.4) is 0 Å². The molecule has 3 rings (SSSR count). The zero-order valence-corrected chi connectivity index (χ0v) is 13.7. The number of halogens is 4. The van der Waals surface area contributed by atoms with Gasteiger partial charge >= 0.3 is 18.2 Å². The minimum atomic E-state index is -4.44. The third kappa shape index (κ3) is 4.18. The third-order valence-electron chi connectivity index (χ3n) is 2.90. The molecule has 0 fully saturated rings. The Balaban J connectivity index is 1.62. The van der Waals surface area contributed by atoms with Gasteiger partial charge in [0.2, 0.25) is 0 Å². The first-order chi connectivity index (χ1) is 11.8. The number of alkyl halides is 3. The second-order valence-corrected chi connectivity index (χ2v) is 5.45. The summed E-state index contributed by atoms with van der Waals surface area (Å²) in [5.41, 5.74) is -0.648. The molecule has 0 bridgehead atoms. The Labute approximate surface area is 146 Å². The van der Waals surface area contributed by atoms with Crippen LogP contribution in [0.1, 0.15) is 5.56 Å². The standard InChI is InChI=1S/C14H8BrF3N4O3/c15-10-6-5-9(24-10)11-21-22-13(25-11)20-12(23)19-8-3-1-7(2-4-8)14(16,17)18/h1-6H,(H2,19,20,22,23). The van der Waals surface area contributed by atoms with E-state index in [1.54, 1.807) is 12.1 Å². The van der Waals surface area contributed by atoms with Gasteiger partial charge in [0.05, 0.1) is 5.56 Å². The normalized spacial score (nSPS) is 11.4. The average Bonchev–Trinajstić information content (AvgIpc) is 3.15. The van der Waals surface area contributed by atoms with Gasteiger partial charge in [-0.25, -0.2) is 4.79 Å². The van der Waals surface area contributed by atoms with E-state index in [2.05, 4.69) is 36.8 Å². The molecule has 3 aromatic rings. The summed E-state index contributed by atoms with van der Waals surface area (Å²) in [4.78, 5) is 11.8. The van der Waals surface area contributed by atoms with Crippen LogP contribution in [0.4, 0.5) is 29.7 Å². The number of hydrogen-bond donors (Lipinski definition) is 2. The van der Waals surface area contributed by atoms with Crippen LogP contribution in [-0.2, 0) is 6.18 Å². The number of benzene rings is 1. The van der Waals surface area contributed by atoms with Crippen molar-refractivity contribution in [2.75, 3.05) is 10.6 Å². The van der Waals surface area contributed by atoms with Crippen molar-refractivity contribution in [1.82, 2.24) is 10.2 Å². The Bertz CT molecular complexity index is 889. The highest BCUT2D eigenvalue weighted by molar-refractivity contribution is 9.10. The Morgan fingerprint density at radius 1 is 1.00 bits per heavy atom. The molecule has 7 nitrogen and oxygen atoms in total. The second-order valence-electron chi connectivity index (χ2n) is 4.67. The summed E-state index contributed by atoms with van der Waals surface area (Å²) in [6.45, 7) is 0. The Hall–Kier alpha value is -2.82. The van der Waals surface area contributed by atoms with Crippen molar-refractivity contribution in [3.63, 3.8) is 0 Å². The lowest BCUT2D eigenvalue weighted by Crippen LogP contribution is -2.19. The van der Waals surface area contributed by atoms with E-state index in [-0.39, 0.29) is 17.6 Å². The fourth-order valence-corrected chi connectivity index (χ4v) is 2.11. The van der Waals surface area contributed by atoms with Crippen LogP contribution in [-0.4, -0.2) is 16.2 Å². The lowest BCUT2D eigenvalue weighted by molar-refractivity contribution is -0.137. The summed E-state index contributed by atoms with van der Waals surface area (Å²) in [5, 5.41) is 11.9. The molecule has 2 heterocycles. The highest BCUT2D eigenvalue weighted by Crippen LogP contribution is 2.30. The smallest absolute Gasteiger partial charge is 0.416 e. The van der Waals surface area contributed by atoms with Gasteiger partial charge in [-0.1, -0.05) is 5.10 Å². The molecule has 0 saturated carbocycles. The number of carbonyl (C=O) groups is 1. The van der Waals surface area contributed by atoms with E-state index < -0.39 is 17.8 Å². The molecule has 0 unspecified atom stereocenters. The second kappa shape index (κ2) is 6.59. The zero-order chi connectivity index (χ0) is 18.0. The largest absolute Gasteiger partial charge is 0.444 e. The van der Waals surface area contributed by atoms with Gasteiger partial charge < -0.3 is 14.2 Å². The molecule has 0 aliphatic heterocycles. The van der Waals surface area contributed by atoms with E-state index in [4.69, 9.17) is 8.83 Å². The first kappa shape index (κ1) is 17.0. The van der Waals surface area contributed by atoms with Crippen molar-refractivity contribution in [3.8, 4) is 11.7 Å². The van der Waals surface area contributed by atoms with E-state index in [9.17, 15) is 18.0 Å². The predicted molar refractivity (Wildman–Crippen MR) is 83.8 cm³/mol. The minimum Gasteiger partial charge on any atom is -0.444 e. The number of rotatable bonds is 3. The minimum absolute atomic E-state index is 0.0514. The van der Waals surface area contributed by atoms with Gasteiger partial charge in [-0.3, -0.25) is 5.32 Å². The SMILES string of the molecule is O=C(Nc1ccc(C(F)(F)F)cc1)Nc1nnc(-c2ccc(Br)o2)o1. The van der Waals surface area contributed by atoms with Gasteiger partial charge in [-0.15, -0.1) is 5.10 Å². The fraction of sp³-hybridized carbons (Fsp3) is 0.0714. The number of urea groups is 1. The van der Waals surface area contributed by atoms with Crippen molar-refractivity contribution < 1.29 is 26.8 Å². The van der Waals surface area contributed by atoms with E-state index in [1.807, 2.05) is 0 Å². The Morgan fingerprint density at radius 3 is 2.32 bits per heavy atom. The molecule has 11 heteroatoms. The first-order valence-corrected chi connectivity index (χ1v) is 7.45. The van der Waals surface area contributed by atoms with Gasteiger partial charge in [-0.05, 0) is 52.3 Å². The quantitative estimate of drug-likeness (QED) is 0.642. The van der Waals surface area contributed by atoms with E-state index in [0.29, 0.717) is 10.4 Å². The van der Waals surface area contributed by atoms with Crippen LogP contribution in [0.5, 0.6) is 0 Å².